The zero-order chi connectivity index (χ0) is 16.9. The van der Waals surface area contributed by atoms with Crippen LogP contribution in [0, 0.1) is 11.3 Å². The van der Waals surface area contributed by atoms with Crippen molar-refractivity contribution in [2.75, 3.05) is 19.7 Å². The molecule has 0 aromatic carbocycles. The lowest BCUT2D eigenvalue weighted by Gasteiger charge is -2.31. The molecular formula is C16H18N6O2. The molecule has 3 rings (SSSR count). The largest absolute Gasteiger partial charge is 0.366 e. The molecule has 24 heavy (non-hydrogen) atoms. The molecule has 0 saturated carbocycles. The zero-order valence-electron chi connectivity index (χ0n) is 13.4. The SMILES string of the molecule is CCCc1nc([C@@H]2CN(C(=O)c3ccc(C#N)cn3)CCO2)n[nH]1. The summed E-state index contributed by atoms with van der Waals surface area (Å²) in [5.41, 5.74) is 0.742. The number of ether oxygens (including phenoxy) is 1. The van der Waals surface area contributed by atoms with Crippen LogP contribution < -0.4 is 0 Å². The average Bonchev–Trinajstić information content (AvgIpc) is 3.10. The molecule has 1 amide bonds. The molecule has 3 heterocycles. The van der Waals surface area contributed by atoms with E-state index in [0.29, 0.717) is 36.8 Å². The molecule has 0 radical (unpaired) electrons. The zero-order valence-corrected chi connectivity index (χ0v) is 13.4. The van der Waals surface area contributed by atoms with Crippen LogP contribution in [0.1, 0.15) is 47.1 Å². The fraction of sp³-hybridized carbons (Fsp3) is 0.438. The Bertz CT molecular complexity index is 749. The lowest BCUT2D eigenvalue weighted by atomic mass is 10.2. The number of aromatic nitrogens is 4. The molecule has 2 aromatic rings. The van der Waals surface area contributed by atoms with E-state index in [-0.39, 0.29) is 12.0 Å². The van der Waals surface area contributed by atoms with Gasteiger partial charge < -0.3 is 9.64 Å². The van der Waals surface area contributed by atoms with Crippen molar-refractivity contribution in [1.82, 2.24) is 25.1 Å². The highest BCUT2D eigenvalue weighted by Crippen LogP contribution is 2.20. The van der Waals surface area contributed by atoms with E-state index in [2.05, 4.69) is 27.1 Å². The molecular weight excluding hydrogens is 308 g/mol. The monoisotopic (exact) mass is 326 g/mol. The van der Waals surface area contributed by atoms with Gasteiger partial charge in [-0.15, -0.1) is 0 Å². The fourth-order valence-electron chi connectivity index (χ4n) is 2.54. The Labute approximate surface area is 139 Å². The normalized spacial score (nSPS) is 17.5. The third-order valence-corrected chi connectivity index (χ3v) is 3.79. The van der Waals surface area contributed by atoms with Gasteiger partial charge in [0.25, 0.3) is 5.91 Å². The summed E-state index contributed by atoms with van der Waals surface area (Å²) in [5.74, 6) is 1.22. The predicted octanol–water partition coefficient (Wildman–Crippen LogP) is 1.24. The highest BCUT2D eigenvalue weighted by atomic mass is 16.5. The number of morpholine rings is 1. The molecule has 0 spiro atoms. The van der Waals surface area contributed by atoms with E-state index in [1.165, 1.54) is 6.20 Å². The second kappa shape index (κ2) is 7.19. The number of carbonyl (C=O) groups is 1. The van der Waals surface area contributed by atoms with Crippen LogP contribution in [-0.4, -0.2) is 50.7 Å². The maximum atomic E-state index is 12.6. The van der Waals surface area contributed by atoms with Gasteiger partial charge in [-0.05, 0) is 18.6 Å². The maximum Gasteiger partial charge on any atom is 0.272 e. The number of H-pyrrole nitrogens is 1. The minimum atomic E-state index is -0.345. The fourth-order valence-corrected chi connectivity index (χ4v) is 2.54. The summed E-state index contributed by atoms with van der Waals surface area (Å²) < 4.78 is 5.71. The molecule has 1 atom stereocenters. The second-order valence-corrected chi connectivity index (χ2v) is 5.54. The van der Waals surface area contributed by atoms with Crippen LogP contribution in [0.5, 0.6) is 0 Å². The van der Waals surface area contributed by atoms with Gasteiger partial charge in [0.1, 0.15) is 23.7 Å². The van der Waals surface area contributed by atoms with Crippen molar-refractivity contribution in [1.29, 1.82) is 5.26 Å². The number of aryl methyl sites for hydroxylation is 1. The van der Waals surface area contributed by atoms with Gasteiger partial charge in [-0.3, -0.25) is 9.89 Å². The van der Waals surface area contributed by atoms with E-state index >= 15 is 0 Å². The van der Waals surface area contributed by atoms with E-state index in [0.717, 1.165) is 18.7 Å². The number of aromatic amines is 1. The van der Waals surface area contributed by atoms with Crippen molar-refractivity contribution in [3.8, 4) is 6.07 Å². The van der Waals surface area contributed by atoms with E-state index in [1.807, 2.05) is 6.07 Å². The average molecular weight is 326 g/mol. The number of hydrogen-bond donors (Lipinski definition) is 1. The Balaban J connectivity index is 1.69. The first-order valence-corrected chi connectivity index (χ1v) is 7.89. The van der Waals surface area contributed by atoms with Gasteiger partial charge in [0.15, 0.2) is 5.82 Å². The van der Waals surface area contributed by atoms with Crippen LogP contribution in [-0.2, 0) is 11.2 Å². The Hall–Kier alpha value is -2.79. The first-order valence-electron chi connectivity index (χ1n) is 7.89. The summed E-state index contributed by atoms with van der Waals surface area (Å²) in [6.07, 6.45) is 2.87. The number of nitrogens with one attached hydrogen (secondary N) is 1. The maximum absolute atomic E-state index is 12.6. The van der Waals surface area contributed by atoms with Gasteiger partial charge in [0.05, 0.1) is 18.7 Å². The van der Waals surface area contributed by atoms with Gasteiger partial charge >= 0.3 is 0 Å². The molecule has 124 valence electrons. The van der Waals surface area contributed by atoms with Gasteiger partial charge in [0.2, 0.25) is 0 Å². The van der Waals surface area contributed by atoms with E-state index in [9.17, 15) is 4.79 Å². The van der Waals surface area contributed by atoms with Gasteiger partial charge in [-0.2, -0.15) is 10.4 Å². The predicted molar refractivity (Wildman–Crippen MR) is 83.9 cm³/mol. The number of nitriles is 1. The minimum Gasteiger partial charge on any atom is -0.366 e. The third kappa shape index (κ3) is 3.41. The van der Waals surface area contributed by atoms with Crippen LogP contribution >= 0.6 is 0 Å². The van der Waals surface area contributed by atoms with E-state index in [1.54, 1.807) is 17.0 Å². The number of amides is 1. The highest BCUT2D eigenvalue weighted by Gasteiger charge is 2.29. The minimum absolute atomic E-state index is 0.183. The van der Waals surface area contributed by atoms with Gasteiger partial charge in [0, 0.05) is 19.2 Å². The molecule has 1 aliphatic rings. The Morgan fingerprint density at radius 1 is 1.54 bits per heavy atom. The summed E-state index contributed by atoms with van der Waals surface area (Å²) in [6.45, 7) is 3.36. The first kappa shape index (κ1) is 16.1. The van der Waals surface area contributed by atoms with Crippen LogP contribution in [0.4, 0.5) is 0 Å². The number of rotatable bonds is 4. The Morgan fingerprint density at radius 2 is 2.42 bits per heavy atom. The topological polar surface area (TPSA) is 108 Å². The van der Waals surface area contributed by atoms with Crippen LogP contribution in [0.3, 0.4) is 0 Å². The lowest BCUT2D eigenvalue weighted by Crippen LogP contribution is -2.42. The number of carbonyl (C=O) groups excluding carboxylic acids is 1. The number of pyridine rings is 1. The summed E-state index contributed by atoms with van der Waals surface area (Å²) in [6, 6.07) is 5.14. The molecule has 0 unspecified atom stereocenters. The van der Waals surface area contributed by atoms with Crippen molar-refractivity contribution in [2.24, 2.45) is 0 Å². The first-order chi connectivity index (χ1) is 11.7. The lowest BCUT2D eigenvalue weighted by molar-refractivity contribution is -0.0268. The van der Waals surface area contributed by atoms with Crippen LogP contribution in [0.25, 0.3) is 0 Å². The smallest absolute Gasteiger partial charge is 0.272 e. The third-order valence-electron chi connectivity index (χ3n) is 3.79. The Morgan fingerprint density at radius 3 is 3.12 bits per heavy atom. The molecule has 0 aliphatic carbocycles. The van der Waals surface area contributed by atoms with Crippen molar-refractivity contribution < 1.29 is 9.53 Å². The molecule has 2 aromatic heterocycles. The molecule has 1 N–H and O–H groups in total. The van der Waals surface area contributed by atoms with Crippen LogP contribution in [0.15, 0.2) is 18.3 Å². The second-order valence-electron chi connectivity index (χ2n) is 5.54. The van der Waals surface area contributed by atoms with Crippen LogP contribution in [0.2, 0.25) is 0 Å². The van der Waals surface area contributed by atoms with Gasteiger partial charge in [-0.25, -0.2) is 9.97 Å². The van der Waals surface area contributed by atoms with Crippen molar-refractivity contribution in [2.45, 2.75) is 25.9 Å². The molecule has 1 fully saturated rings. The number of hydrogen-bond acceptors (Lipinski definition) is 6. The quantitative estimate of drug-likeness (QED) is 0.905. The highest BCUT2D eigenvalue weighted by molar-refractivity contribution is 5.92. The van der Waals surface area contributed by atoms with Crippen molar-refractivity contribution >= 4 is 5.91 Å². The van der Waals surface area contributed by atoms with E-state index in [4.69, 9.17) is 10.00 Å². The van der Waals surface area contributed by atoms with Gasteiger partial charge in [-0.1, -0.05) is 6.92 Å². The number of nitrogens with zero attached hydrogens (tertiary/aromatic N) is 5. The molecule has 8 nitrogen and oxygen atoms in total. The van der Waals surface area contributed by atoms with E-state index < -0.39 is 0 Å². The molecule has 1 saturated heterocycles. The summed E-state index contributed by atoms with van der Waals surface area (Å²) in [4.78, 5) is 22.7. The Kier molecular flexibility index (Phi) is 4.82. The van der Waals surface area contributed by atoms with Crippen molar-refractivity contribution in [3.05, 3.63) is 41.2 Å². The molecule has 0 bridgehead atoms. The molecule has 1 aliphatic heterocycles. The molecule has 8 heteroatoms. The summed E-state index contributed by atoms with van der Waals surface area (Å²) in [5, 5.41) is 15.9. The summed E-state index contributed by atoms with van der Waals surface area (Å²) >= 11 is 0. The van der Waals surface area contributed by atoms with Crippen molar-refractivity contribution in [3.63, 3.8) is 0 Å². The summed E-state index contributed by atoms with van der Waals surface area (Å²) in [7, 11) is 0. The standard InChI is InChI=1S/C16H18N6O2/c1-2-3-14-19-15(21-20-14)13-10-22(6-7-24-13)16(23)12-5-4-11(8-17)9-18-12/h4-5,9,13H,2-3,6-7,10H2,1H3,(H,19,20,21)/t13-/m0/s1.